The van der Waals surface area contributed by atoms with Crippen LogP contribution in [0.1, 0.15) is 27.0 Å². The predicted octanol–water partition coefficient (Wildman–Crippen LogP) is 3.96. The minimum atomic E-state index is -4.11. The Labute approximate surface area is 183 Å². The molecule has 158 valence electrons. The molecule has 0 N–H and O–H groups in total. The molecule has 3 aromatic rings. The third-order valence-electron chi connectivity index (χ3n) is 4.85. The SMILES string of the molecule is Cc1ccc(S(=O)(=O)N(Cc2ccc(C#N)cc2)C(=O)c2cccc(N(C)C)c2)cc1. The van der Waals surface area contributed by atoms with Crippen LogP contribution in [-0.2, 0) is 16.6 Å². The second-order valence-electron chi connectivity index (χ2n) is 7.38. The Balaban J connectivity index is 2.06. The molecular weight excluding hydrogens is 410 g/mol. The number of carbonyl (C=O) groups excluding carboxylic acids is 1. The lowest BCUT2D eigenvalue weighted by Gasteiger charge is -2.24. The van der Waals surface area contributed by atoms with Crippen molar-refractivity contribution in [2.75, 3.05) is 19.0 Å². The van der Waals surface area contributed by atoms with Gasteiger partial charge in [-0.1, -0.05) is 35.9 Å². The van der Waals surface area contributed by atoms with E-state index in [1.54, 1.807) is 54.6 Å². The largest absolute Gasteiger partial charge is 0.378 e. The van der Waals surface area contributed by atoms with E-state index >= 15 is 0 Å². The summed E-state index contributed by atoms with van der Waals surface area (Å²) in [6.07, 6.45) is 0. The monoisotopic (exact) mass is 433 g/mol. The zero-order valence-corrected chi connectivity index (χ0v) is 18.4. The molecule has 3 rings (SSSR count). The topological polar surface area (TPSA) is 81.5 Å². The summed E-state index contributed by atoms with van der Waals surface area (Å²) in [7, 11) is -0.410. The fraction of sp³-hybridized carbons (Fsp3) is 0.167. The summed E-state index contributed by atoms with van der Waals surface area (Å²) in [6, 6.07) is 21.8. The summed E-state index contributed by atoms with van der Waals surface area (Å²) in [4.78, 5) is 15.3. The van der Waals surface area contributed by atoms with Crippen LogP contribution in [0.2, 0.25) is 0 Å². The number of nitrogens with zero attached hydrogens (tertiary/aromatic N) is 3. The van der Waals surface area contributed by atoms with Crippen LogP contribution in [-0.4, -0.2) is 32.7 Å². The van der Waals surface area contributed by atoms with Crippen molar-refractivity contribution in [3.8, 4) is 6.07 Å². The van der Waals surface area contributed by atoms with Crippen molar-refractivity contribution >= 4 is 21.6 Å². The van der Waals surface area contributed by atoms with Crippen molar-refractivity contribution in [3.05, 3.63) is 95.1 Å². The van der Waals surface area contributed by atoms with E-state index in [0.29, 0.717) is 11.1 Å². The minimum absolute atomic E-state index is 0.0452. The Kier molecular flexibility index (Phi) is 6.42. The van der Waals surface area contributed by atoms with Crippen LogP contribution in [0.5, 0.6) is 0 Å². The van der Waals surface area contributed by atoms with E-state index in [0.717, 1.165) is 15.6 Å². The third kappa shape index (κ3) is 4.93. The molecule has 0 aliphatic heterocycles. The summed E-state index contributed by atoms with van der Waals surface area (Å²) < 4.78 is 27.8. The van der Waals surface area contributed by atoms with Gasteiger partial charge in [0.15, 0.2) is 0 Å². The predicted molar refractivity (Wildman–Crippen MR) is 120 cm³/mol. The van der Waals surface area contributed by atoms with E-state index < -0.39 is 15.9 Å². The Morgan fingerprint density at radius 1 is 0.968 bits per heavy atom. The van der Waals surface area contributed by atoms with Gasteiger partial charge in [-0.15, -0.1) is 0 Å². The van der Waals surface area contributed by atoms with Gasteiger partial charge >= 0.3 is 0 Å². The van der Waals surface area contributed by atoms with Gasteiger partial charge in [-0.3, -0.25) is 4.79 Å². The summed E-state index contributed by atoms with van der Waals surface area (Å²) in [6.45, 7) is 1.72. The van der Waals surface area contributed by atoms with Crippen molar-refractivity contribution in [1.29, 1.82) is 5.26 Å². The first-order valence-electron chi connectivity index (χ1n) is 9.62. The van der Waals surface area contributed by atoms with E-state index in [1.165, 1.54) is 12.1 Å². The van der Waals surface area contributed by atoms with Crippen LogP contribution < -0.4 is 4.90 Å². The quantitative estimate of drug-likeness (QED) is 0.588. The molecule has 0 spiro atoms. The number of amides is 1. The van der Waals surface area contributed by atoms with Crippen molar-refractivity contribution in [1.82, 2.24) is 4.31 Å². The number of carbonyl (C=O) groups is 1. The first kappa shape index (κ1) is 22.1. The first-order valence-corrected chi connectivity index (χ1v) is 11.1. The molecule has 0 aliphatic rings. The number of rotatable bonds is 6. The lowest BCUT2D eigenvalue weighted by Crippen LogP contribution is -2.36. The molecule has 0 aromatic heterocycles. The molecule has 7 heteroatoms. The molecule has 0 radical (unpaired) electrons. The molecule has 0 atom stereocenters. The fourth-order valence-electron chi connectivity index (χ4n) is 3.02. The number of sulfonamides is 1. The van der Waals surface area contributed by atoms with E-state index in [2.05, 4.69) is 0 Å². The van der Waals surface area contributed by atoms with Gasteiger partial charge in [-0.05, 0) is 55.0 Å². The maximum Gasteiger partial charge on any atom is 0.268 e. The number of hydrogen-bond donors (Lipinski definition) is 0. The minimum Gasteiger partial charge on any atom is -0.378 e. The summed E-state index contributed by atoms with van der Waals surface area (Å²) in [5, 5.41) is 9.00. The Morgan fingerprint density at radius 3 is 2.19 bits per heavy atom. The highest BCUT2D eigenvalue weighted by molar-refractivity contribution is 7.89. The third-order valence-corrected chi connectivity index (χ3v) is 6.60. The average molecular weight is 434 g/mol. The van der Waals surface area contributed by atoms with E-state index in [9.17, 15) is 13.2 Å². The Morgan fingerprint density at radius 2 is 1.61 bits per heavy atom. The summed E-state index contributed by atoms with van der Waals surface area (Å²) >= 11 is 0. The molecule has 0 unspecified atom stereocenters. The highest BCUT2D eigenvalue weighted by atomic mass is 32.2. The lowest BCUT2D eigenvalue weighted by atomic mass is 10.1. The normalized spacial score (nSPS) is 10.9. The summed E-state index contributed by atoms with van der Waals surface area (Å²) in [5.74, 6) is -0.617. The van der Waals surface area contributed by atoms with Gasteiger partial charge < -0.3 is 4.90 Å². The van der Waals surface area contributed by atoms with Crippen LogP contribution in [0.4, 0.5) is 5.69 Å². The van der Waals surface area contributed by atoms with Gasteiger partial charge in [-0.25, -0.2) is 12.7 Å². The smallest absolute Gasteiger partial charge is 0.268 e. The lowest BCUT2D eigenvalue weighted by molar-refractivity contribution is 0.0855. The molecule has 0 fully saturated rings. The number of nitriles is 1. The van der Waals surface area contributed by atoms with Crippen LogP contribution in [0.3, 0.4) is 0 Å². The fourth-order valence-corrected chi connectivity index (χ4v) is 4.39. The number of anilines is 1. The Hall–Kier alpha value is -3.63. The van der Waals surface area contributed by atoms with Gasteiger partial charge in [-0.2, -0.15) is 5.26 Å². The molecule has 0 heterocycles. The van der Waals surface area contributed by atoms with Crippen molar-refractivity contribution < 1.29 is 13.2 Å². The maximum atomic E-state index is 13.4. The van der Waals surface area contributed by atoms with E-state index in [4.69, 9.17) is 5.26 Å². The van der Waals surface area contributed by atoms with E-state index in [-0.39, 0.29) is 17.0 Å². The molecule has 0 aliphatic carbocycles. The molecule has 6 nitrogen and oxygen atoms in total. The highest BCUT2D eigenvalue weighted by Gasteiger charge is 2.30. The van der Waals surface area contributed by atoms with Crippen LogP contribution >= 0.6 is 0 Å². The van der Waals surface area contributed by atoms with Crippen molar-refractivity contribution in [2.24, 2.45) is 0 Å². The van der Waals surface area contributed by atoms with Gasteiger partial charge in [0.25, 0.3) is 15.9 Å². The Bertz CT molecular complexity index is 1230. The van der Waals surface area contributed by atoms with Gasteiger partial charge in [0.05, 0.1) is 23.1 Å². The zero-order chi connectivity index (χ0) is 22.6. The second kappa shape index (κ2) is 9.02. The van der Waals surface area contributed by atoms with Crippen LogP contribution in [0, 0.1) is 18.3 Å². The van der Waals surface area contributed by atoms with Gasteiger partial charge in [0.2, 0.25) is 0 Å². The molecule has 1 amide bonds. The molecule has 3 aromatic carbocycles. The van der Waals surface area contributed by atoms with Crippen molar-refractivity contribution in [2.45, 2.75) is 18.4 Å². The molecule has 31 heavy (non-hydrogen) atoms. The van der Waals surface area contributed by atoms with Gasteiger partial charge in [0, 0.05) is 25.3 Å². The molecule has 0 saturated carbocycles. The van der Waals surface area contributed by atoms with Gasteiger partial charge in [0.1, 0.15) is 0 Å². The number of benzene rings is 3. The molecule has 0 saturated heterocycles. The molecule has 0 bridgehead atoms. The van der Waals surface area contributed by atoms with E-state index in [1.807, 2.05) is 38.1 Å². The maximum absolute atomic E-state index is 13.4. The zero-order valence-electron chi connectivity index (χ0n) is 17.6. The standard InChI is InChI=1S/C24H23N3O3S/c1-18-7-13-23(14-8-18)31(29,30)27(17-20-11-9-19(16-25)10-12-20)24(28)21-5-4-6-22(15-21)26(2)3/h4-15H,17H2,1-3H3. The highest BCUT2D eigenvalue weighted by Crippen LogP contribution is 2.23. The number of hydrogen-bond acceptors (Lipinski definition) is 5. The first-order chi connectivity index (χ1) is 14.7. The summed E-state index contributed by atoms with van der Waals surface area (Å²) in [5.41, 5.74) is 3.04. The van der Waals surface area contributed by atoms with Crippen LogP contribution in [0.15, 0.2) is 77.7 Å². The number of aryl methyl sites for hydroxylation is 1. The van der Waals surface area contributed by atoms with Crippen LogP contribution in [0.25, 0.3) is 0 Å². The molecular formula is C24H23N3O3S. The van der Waals surface area contributed by atoms with Crippen molar-refractivity contribution in [3.63, 3.8) is 0 Å². The average Bonchev–Trinajstić information content (AvgIpc) is 2.77. The second-order valence-corrected chi connectivity index (χ2v) is 9.25.